The van der Waals surface area contributed by atoms with Crippen LogP contribution >= 0.6 is 11.8 Å². The van der Waals surface area contributed by atoms with Crippen LogP contribution in [0.2, 0.25) is 0 Å². The predicted molar refractivity (Wildman–Crippen MR) is 73.6 cm³/mol. The number of rotatable bonds is 7. The minimum Gasteiger partial charge on any atom is -0.465 e. The van der Waals surface area contributed by atoms with E-state index in [1.165, 1.54) is 30.7 Å². The van der Waals surface area contributed by atoms with Gasteiger partial charge in [0.25, 0.3) is 0 Å². The van der Waals surface area contributed by atoms with Gasteiger partial charge in [-0.3, -0.25) is 4.79 Å². The zero-order chi connectivity index (χ0) is 13.7. The molecule has 1 saturated carbocycles. The first kappa shape index (κ1) is 14.3. The van der Waals surface area contributed by atoms with Crippen molar-refractivity contribution in [1.29, 1.82) is 0 Å². The Hall–Kier alpha value is -1.07. The molecule has 19 heavy (non-hydrogen) atoms. The lowest BCUT2D eigenvalue weighted by atomic mass is 10.2. The monoisotopic (exact) mass is 283 g/mol. The fourth-order valence-corrected chi connectivity index (χ4v) is 2.59. The quantitative estimate of drug-likeness (QED) is 0.617. The number of thioether (sulfide) groups is 1. The van der Waals surface area contributed by atoms with Gasteiger partial charge in [0.1, 0.15) is 5.82 Å². The number of hydrogen-bond acceptors (Lipinski definition) is 4. The van der Waals surface area contributed by atoms with Crippen molar-refractivity contribution < 1.29 is 13.9 Å². The van der Waals surface area contributed by atoms with Crippen molar-refractivity contribution >= 4 is 17.7 Å². The summed E-state index contributed by atoms with van der Waals surface area (Å²) in [5.41, 5.74) is 0.642. The number of carbonyl (C=O) groups excluding carboxylic acids is 1. The van der Waals surface area contributed by atoms with Crippen LogP contribution < -0.4 is 5.32 Å². The van der Waals surface area contributed by atoms with Gasteiger partial charge in [0.2, 0.25) is 0 Å². The molecule has 104 valence electrons. The minimum absolute atomic E-state index is 0.216. The molecule has 2 rings (SSSR count). The highest BCUT2D eigenvalue weighted by Gasteiger charge is 2.21. The van der Waals surface area contributed by atoms with Crippen molar-refractivity contribution in [2.45, 2.75) is 37.2 Å². The summed E-state index contributed by atoms with van der Waals surface area (Å²) in [4.78, 5) is 12.1. The van der Waals surface area contributed by atoms with Crippen LogP contribution in [0.3, 0.4) is 0 Å². The Morgan fingerprint density at radius 1 is 1.53 bits per heavy atom. The molecule has 0 atom stereocenters. The van der Waals surface area contributed by atoms with Gasteiger partial charge >= 0.3 is 5.97 Å². The predicted octanol–water partition coefficient (Wildman–Crippen LogP) is 2.73. The maximum Gasteiger partial charge on any atom is 0.316 e. The van der Waals surface area contributed by atoms with E-state index in [1.54, 1.807) is 13.0 Å². The van der Waals surface area contributed by atoms with Crippen molar-refractivity contribution in [3.05, 3.63) is 29.6 Å². The lowest BCUT2D eigenvalue weighted by Crippen LogP contribution is -2.17. The van der Waals surface area contributed by atoms with Crippen molar-refractivity contribution in [1.82, 2.24) is 5.32 Å². The van der Waals surface area contributed by atoms with E-state index in [9.17, 15) is 9.18 Å². The largest absolute Gasteiger partial charge is 0.465 e. The minimum atomic E-state index is -0.266. The second-order valence-corrected chi connectivity index (χ2v) is 5.48. The van der Waals surface area contributed by atoms with Gasteiger partial charge in [0.15, 0.2) is 0 Å². The Morgan fingerprint density at radius 2 is 2.32 bits per heavy atom. The van der Waals surface area contributed by atoms with Gasteiger partial charge in [-0.1, -0.05) is 6.07 Å². The molecule has 0 heterocycles. The molecule has 0 aromatic heterocycles. The molecule has 0 spiro atoms. The summed E-state index contributed by atoms with van der Waals surface area (Å²) in [6, 6.07) is 5.50. The van der Waals surface area contributed by atoms with E-state index in [-0.39, 0.29) is 17.5 Å². The average molecular weight is 283 g/mol. The Balaban J connectivity index is 1.97. The molecule has 0 radical (unpaired) electrons. The normalized spacial score (nSPS) is 14.4. The molecule has 0 bridgehead atoms. The summed E-state index contributed by atoms with van der Waals surface area (Å²) in [6.07, 6.45) is 2.33. The second kappa shape index (κ2) is 6.91. The van der Waals surface area contributed by atoms with Gasteiger partial charge in [-0.05, 0) is 31.9 Å². The van der Waals surface area contributed by atoms with E-state index >= 15 is 0 Å². The van der Waals surface area contributed by atoms with Crippen LogP contribution in [0.4, 0.5) is 4.39 Å². The molecular weight excluding hydrogens is 265 g/mol. The molecular formula is C14H18FNO2S. The molecule has 1 aliphatic rings. The summed E-state index contributed by atoms with van der Waals surface area (Å²) in [6.45, 7) is 2.66. The van der Waals surface area contributed by atoms with Crippen molar-refractivity contribution in [2.75, 3.05) is 12.4 Å². The van der Waals surface area contributed by atoms with Crippen LogP contribution in [0.1, 0.15) is 25.3 Å². The van der Waals surface area contributed by atoms with Crippen molar-refractivity contribution in [2.24, 2.45) is 0 Å². The number of benzene rings is 1. The van der Waals surface area contributed by atoms with Gasteiger partial charge < -0.3 is 10.1 Å². The molecule has 0 aliphatic heterocycles. The van der Waals surface area contributed by atoms with Crippen LogP contribution in [0, 0.1) is 5.82 Å². The van der Waals surface area contributed by atoms with Gasteiger partial charge in [-0.2, -0.15) is 0 Å². The maximum atomic E-state index is 13.8. The zero-order valence-electron chi connectivity index (χ0n) is 10.9. The summed E-state index contributed by atoms with van der Waals surface area (Å²) in [5.74, 6) is -0.270. The first-order chi connectivity index (χ1) is 9.20. The molecule has 1 fully saturated rings. The lowest BCUT2D eigenvalue weighted by molar-refractivity contribution is -0.139. The Bertz CT molecular complexity index is 449. The SMILES string of the molecule is CCOC(=O)CSc1cccc(F)c1CNC1CC1. The molecule has 1 aromatic carbocycles. The fourth-order valence-electron chi connectivity index (χ4n) is 1.72. The second-order valence-electron chi connectivity index (χ2n) is 4.47. The molecule has 3 nitrogen and oxygen atoms in total. The van der Waals surface area contributed by atoms with Crippen molar-refractivity contribution in [3.8, 4) is 0 Å². The number of halogens is 1. The smallest absolute Gasteiger partial charge is 0.316 e. The third-order valence-electron chi connectivity index (χ3n) is 2.87. The van der Waals surface area contributed by atoms with E-state index in [0.29, 0.717) is 24.8 Å². The fraction of sp³-hybridized carbons (Fsp3) is 0.500. The van der Waals surface area contributed by atoms with Crippen molar-refractivity contribution in [3.63, 3.8) is 0 Å². The number of hydrogen-bond donors (Lipinski definition) is 1. The number of esters is 1. The van der Waals surface area contributed by atoms with E-state index in [4.69, 9.17) is 4.74 Å². The third-order valence-corrected chi connectivity index (χ3v) is 3.95. The Kier molecular flexibility index (Phi) is 5.22. The third kappa shape index (κ3) is 4.51. The molecule has 1 aromatic rings. The van der Waals surface area contributed by atoms with Gasteiger partial charge in [0, 0.05) is 23.0 Å². The zero-order valence-corrected chi connectivity index (χ0v) is 11.8. The maximum absolute atomic E-state index is 13.8. The first-order valence-electron chi connectivity index (χ1n) is 6.50. The number of carbonyl (C=O) groups is 1. The number of ether oxygens (including phenoxy) is 1. The Morgan fingerprint density at radius 3 is 3.00 bits per heavy atom. The van der Waals surface area contributed by atoms with E-state index < -0.39 is 0 Å². The Labute approximate surface area is 116 Å². The van der Waals surface area contributed by atoms with E-state index in [2.05, 4.69) is 5.32 Å². The van der Waals surface area contributed by atoms with Crippen LogP contribution in [-0.4, -0.2) is 24.4 Å². The van der Waals surface area contributed by atoms with E-state index in [1.807, 2.05) is 6.07 Å². The average Bonchev–Trinajstić information content (AvgIpc) is 3.19. The van der Waals surface area contributed by atoms with E-state index in [0.717, 1.165) is 4.90 Å². The van der Waals surface area contributed by atoms with Crippen LogP contribution in [0.15, 0.2) is 23.1 Å². The topological polar surface area (TPSA) is 38.3 Å². The molecule has 0 amide bonds. The molecule has 1 aliphatic carbocycles. The summed E-state index contributed by atoms with van der Waals surface area (Å²) >= 11 is 1.33. The molecule has 1 N–H and O–H groups in total. The first-order valence-corrected chi connectivity index (χ1v) is 7.48. The van der Waals surface area contributed by atoms with Crippen LogP contribution in [0.5, 0.6) is 0 Å². The summed E-state index contributed by atoms with van der Waals surface area (Å²) in [5, 5.41) is 3.30. The highest BCUT2D eigenvalue weighted by Crippen LogP contribution is 2.26. The van der Waals surface area contributed by atoms with Gasteiger partial charge in [-0.25, -0.2) is 4.39 Å². The molecule has 0 saturated heterocycles. The van der Waals surface area contributed by atoms with Gasteiger partial charge in [0.05, 0.1) is 12.4 Å². The summed E-state index contributed by atoms with van der Waals surface area (Å²) < 4.78 is 18.7. The molecule has 5 heteroatoms. The number of nitrogens with one attached hydrogen (secondary N) is 1. The lowest BCUT2D eigenvalue weighted by Gasteiger charge is -2.10. The van der Waals surface area contributed by atoms with Crippen LogP contribution in [-0.2, 0) is 16.1 Å². The van der Waals surface area contributed by atoms with Gasteiger partial charge in [-0.15, -0.1) is 11.8 Å². The summed E-state index contributed by atoms with van der Waals surface area (Å²) in [7, 11) is 0. The standard InChI is InChI=1S/C14H18FNO2S/c1-2-18-14(17)9-19-13-5-3-4-12(15)11(13)8-16-10-6-7-10/h3-5,10,16H,2,6-9H2,1H3. The molecule has 0 unspecified atom stereocenters. The highest BCUT2D eigenvalue weighted by molar-refractivity contribution is 8.00. The highest BCUT2D eigenvalue weighted by atomic mass is 32.2. The van der Waals surface area contributed by atoms with Crippen LogP contribution in [0.25, 0.3) is 0 Å².